The standard InChI is InChI=1S/C14H12N2O2/c1-17-13-4-2-3-11(7-13)10-18-14-6-5-12(8-15)16-9-14/h2-7,9H,10H2,1H3. The maximum absolute atomic E-state index is 8.63. The molecular weight excluding hydrogens is 228 g/mol. The van der Waals surface area contributed by atoms with E-state index in [9.17, 15) is 0 Å². The van der Waals surface area contributed by atoms with Crippen LogP contribution in [0.1, 0.15) is 11.3 Å². The minimum Gasteiger partial charge on any atom is -0.497 e. The number of ether oxygens (including phenoxy) is 2. The second-order valence-corrected chi connectivity index (χ2v) is 3.63. The quantitative estimate of drug-likeness (QED) is 0.824. The lowest BCUT2D eigenvalue weighted by atomic mass is 10.2. The summed E-state index contributed by atoms with van der Waals surface area (Å²) in [6.45, 7) is 0.435. The molecule has 4 nitrogen and oxygen atoms in total. The fourth-order valence-corrected chi connectivity index (χ4v) is 1.46. The highest BCUT2D eigenvalue weighted by atomic mass is 16.5. The molecule has 0 saturated carbocycles. The van der Waals surface area contributed by atoms with Gasteiger partial charge in [-0.2, -0.15) is 5.26 Å². The van der Waals surface area contributed by atoms with Crippen LogP contribution in [0.15, 0.2) is 42.6 Å². The van der Waals surface area contributed by atoms with Gasteiger partial charge >= 0.3 is 0 Å². The molecule has 0 aliphatic carbocycles. The second-order valence-electron chi connectivity index (χ2n) is 3.63. The van der Waals surface area contributed by atoms with Crippen molar-refractivity contribution in [1.82, 2.24) is 4.98 Å². The summed E-state index contributed by atoms with van der Waals surface area (Å²) in [6, 6.07) is 13.0. The minimum absolute atomic E-state index is 0.378. The Kier molecular flexibility index (Phi) is 3.77. The fraction of sp³-hybridized carbons (Fsp3) is 0.143. The van der Waals surface area contributed by atoms with Crippen molar-refractivity contribution in [3.05, 3.63) is 53.9 Å². The highest BCUT2D eigenvalue weighted by molar-refractivity contribution is 5.29. The number of methoxy groups -OCH3 is 1. The Hall–Kier alpha value is -2.54. The molecule has 0 N–H and O–H groups in total. The second kappa shape index (κ2) is 5.69. The number of hydrogen-bond donors (Lipinski definition) is 0. The zero-order valence-electron chi connectivity index (χ0n) is 9.96. The Balaban J connectivity index is 2.00. The van der Waals surface area contributed by atoms with Crippen LogP contribution in [-0.4, -0.2) is 12.1 Å². The lowest BCUT2D eigenvalue weighted by Crippen LogP contribution is -1.96. The molecule has 0 saturated heterocycles. The van der Waals surface area contributed by atoms with E-state index in [1.165, 1.54) is 0 Å². The van der Waals surface area contributed by atoms with Gasteiger partial charge < -0.3 is 9.47 Å². The van der Waals surface area contributed by atoms with E-state index in [-0.39, 0.29) is 0 Å². The number of pyridine rings is 1. The molecule has 1 heterocycles. The van der Waals surface area contributed by atoms with E-state index in [2.05, 4.69) is 4.98 Å². The van der Waals surface area contributed by atoms with Gasteiger partial charge in [-0.25, -0.2) is 4.98 Å². The Bertz CT molecular complexity index is 559. The largest absolute Gasteiger partial charge is 0.497 e. The van der Waals surface area contributed by atoms with Gasteiger partial charge in [0.1, 0.15) is 29.9 Å². The smallest absolute Gasteiger partial charge is 0.140 e. The van der Waals surface area contributed by atoms with Crippen LogP contribution < -0.4 is 9.47 Å². The van der Waals surface area contributed by atoms with Crippen molar-refractivity contribution < 1.29 is 9.47 Å². The summed E-state index contributed by atoms with van der Waals surface area (Å²) >= 11 is 0. The molecule has 0 atom stereocenters. The number of rotatable bonds is 4. The third kappa shape index (κ3) is 2.98. The van der Waals surface area contributed by atoms with Crippen LogP contribution in [-0.2, 0) is 6.61 Å². The van der Waals surface area contributed by atoms with Crippen molar-refractivity contribution in [3.8, 4) is 17.6 Å². The average Bonchev–Trinajstić information content (AvgIpc) is 2.46. The Morgan fingerprint density at radius 2 is 2.11 bits per heavy atom. The van der Waals surface area contributed by atoms with Crippen molar-refractivity contribution in [2.24, 2.45) is 0 Å². The molecule has 0 aliphatic rings. The summed E-state index contributed by atoms with van der Waals surface area (Å²) in [5, 5.41) is 8.63. The van der Waals surface area contributed by atoms with Crippen LogP contribution in [0.4, 0.5) is 0 Å². The van der Waals surface area contributed by atoms with Crippen LogP contribution >= 0.6 is 0 Å². The lowest BCUT2D eigenvalue weighted by Gasteiger charge is -2.07. The maximum Gasteiger partial charge on any atom is 0.140 e. The molecule has 0 aliphatic heterocycles. The molecular formula is C14H12N2O2. The average molecular weight is 240 g/mol. The number of aromatic nitrogens is 1. The Morgan fingerprint density at radius 3 is 2.78 bits per heavy atom. The third-order valence-electron chi connectivity index (χ3n) is 2.39. The zero-order valence-corrected chi connectivity index (χ0v) is 9.96. The molecule has 0 bridgehead atoms. The van der Waals surface area contributed by atoms with E-state index in [0.717, 1.165) is 11.3 Å². The van der Waals surface area contributed by atoms with E-state index in [4.69, 9.17) is 14.7 Å². The first-order valence-corrected chi connectivity index (χ1v) is 5.43. The van der Waals surface area contributed by atoms with E-state index in [1.807, 2.05) is 30.3 Å². The Labute approximate surface area is 105 Å². The number of nitriles is 1. The topological polar surface area (TPSA) is 55.1 Å². The summed E-state index contributed by atoms with van der Waals surface area (Å²) in [7, 11) is 1.63. The molecule has 2 aromatic rings. The molecule has 0 amide bonds. The summed E-state index contributed by atoms with van der Waals surface area (Å²) in [5.74, 6) is 1.44. The molecule has 0 unspecified atom stereocenters. The van der Waals surface area contributed by atoms with Crippen LogP contribution in [0, 0.1) is 11.3 Å². The van der Waals surface area contributed by atoms with Gasteiger partial charge in [0, 0.05) is 0 Å². The molecule has 4 heteroatoms. The molecule has 2 rings (SSSR count). The van der Waals surface area contributed by atoms with Crippen molar-refractivity contribution in [2.45, 2.75) is 6.61 Å². The van der Waals surface area contributed by atoms with Crippen molar-refractivity contribution in [1.29, 1.82) is 5.26 Å². The summed E-state index contributed by atoms with van der Waals surface area (Å²) in [4.78, 5) is 3.93. The predicted molar refractivity (Wildman–Crippen MR) is 66.3 cm³/mol. The Morgan fingerprint density at radius 1 is 1.22 bits per heavy atom. The van der Waals surface area contributed by atoms with Crippen LogP contribution in [0.5, 0.6) is 11.5 Å². The van der Waals surface area contributed by atoms with Gasteiger partial charge in [0.05, 0.1) is 13.3 Å². The predicted octanol–water partition coefficient (Wildman–Crippen LogP) is 2.54. The van der Waals surface area contributed by atoms with Gasteiger partial charge in [-0.05, 0) is 29.8 Å². The van der Waals surface area contributed by atoms with Crippen LogP contribution in [0.25, 0.3) is 0 Å². The van der Waals surface area contributed by atoms with E-state index < -0.39 is 0 Å². The van der Waals surface area contributed by atoms with Crippen molar-refractivity contribution >= 4 is 0 Å². The molecule has 0 spiro atoms. The minimum atomic E-state index is 0.378. The number of nitrogens with zero attached hydrogens (tertiary/aromatic N) is 2. The number of hydrogen-bond acceptors (Lipinski definition) is 4. The normalized spacial score (nSPS) is 9.56. The van der Waals surface area contributed by atoms with Gasteiger partial charge in [-0.3, -0.25) is 0 Å². The molecule has 1 aromatic heterocycles. The van der Waals surface area contributed by atoms with Gasteiger partial charge in [-0.15, -0.1) is 0 Å². The fourth-order valence-electron chi connectivity index (χ4n) is 1.46. The summed E-state index contributed by atoms with van der Waals surface area (Å²) in [5.41, 5.74) is 1.39. The summed E-state index contributed by atoms with van der Waals surface area (Å²) < 4.78 is 10.7. The third-order valence-corrected chi connectivity index (χ3v) is 2.39. The highest BCUT2D eigenvalue weighted by Gasteiger charge is 1.99. The summed E-state index contributed by atoms with van der Waals surface area (Å²) in [6.07, 6.45) is 1.54. The van der Waals surface area contributed by atoms with Crippen molar-refractivity contribution in [2.75, 3.05) is 7.11 Å². The van der Waals surface area contributed by atoms with E-state index in [0.29, 0.717) is 18.1 Å². The van der Waals surface area contributed by atoms with Crippen molar-refractivity contribution in [3.63, 3.8) is 0 Å². The molecule has 90 valence electrons. The van der Waals surface area contributed by atoms with Gasteiger partial charge in [-0.1, -0.05) is 12.1 Å². The van der Waals surface area contributed by atoms with Crippen LogP contribution in [0.2, 0.25) is 0 Å². The lowest BCUT2D eigenvalue weighted by molar-refractivity contribution is 0.304. The first kappa shape index (κ1) is 11.9. The first-order valence-electron chi connectivity index (χ1n) is 5.43. The van der Waals surface area contributed by atoms with Crippen LogP contribution in [0.3, 0.4) is 0 Å². The molecule has 18 heavy (non-hydrogen) atoms. The zero-order chi connectivity index (χ0) is 12.8. The number of benzene rings is 1. The SMILES string of the molecule is COc1cccc(COc2ccc(C#N)nc2)c1. The highest BCUT2D eigenvalue weighted by Crippen LogP contribution is 2.15. The van der Waals surface area contributed by atoms with Gasteiger partial charge in [0.15, 0.2) is 0 Å². The molecule has 0 radical (unpaired) electrons. The van der Waals surface area contributed by atoms with Gasteiger partial charge in [0.25, 0.3) is 0 Å². The molecule has 1 aromatic carbocycles. The first-order chi connectivity index (χ1) is 8.81. The van der Waals surface area contributed by atoms with E-state index >= 15 is 0 Å². The monoisotopic (exact) mass is 240 g/mol. The van der Waals surface area contributed by atoms with Gasteiger partial charge in [0.2, 0.25) is 0 Å². The van der Waals surface area contributed by atoms with E-state index in [1.54, 1.807) is 25.4 Å². The molecule has 0 fully saturated rings. The maximum atomic E-state index is 8.63.